The lowest BCUT2D eigenvalue weighted by atomic mass is 10.2. The monoisotopic (exact) mass is 361 g/mol. The van der Waals surface area contributed by atoms with E-state index in [1.54, 1.807) is 30.3 Å². The van der Waals surface area contributed by atoms with Crippen LogP contribution in [0.5, 0.6) is 0 Å². The van der Waals surface area contributed by atoms with Crippen molar-refractivity contribution in [3.63, 3.8) is 0 Å². The summed E-state index contributed by atoms with van der Waals surface area (Å²) in [6.07, 6.45) is 0. The van der Waals surface area contributed by atoms with Crippen LogP contribution in [-0.2, 0) is 0 Å². The molecule has 0 spiro atoms. The fourth-order valence-electron chi connectivity index (χ4n) is 1.80. The van der Waals surface area contributed by atoms with E-state index in [1.807, 2.05) is 6.07 Å². The van der Waals surface area contributed by atoms with Crippen molar-refractivity contribution in [3.8, 4) is 11.5 Å². The lowest BCUT2D eigenvalue weighted by molar-refractivity contribution is 0.0990. The predicted octanol–water partition coefficient (Wildman–Crippen LogP) is 3.89. The number of para-hydroxylation sites is 1. The van der Waals surface area contributed by atoms with Gasteiger partial charge in [-0.1, -0.05) is 24.3 Å². The minimum absolute atomic E-state index is 0.0459. The molecule has 0 bridgehead atoms. The Morgan fingerprint density at radius 2 is 1.82 bits per heavy atom. The molecule has 2 aromatic carbocycles. The van der Waals surface area contributed by atoms with E-state index in [4.69, 9.17) is 4.42 Å². The number of amides is 1. The van der Waals surface area contributed by atoms with Crippen molar-refractivity contribution in [1.29, 1.82) is 0 Å². The SMILES string of the molecule is O=C(Nc1ccccc1Br)c1nnc(-c2ccccc2F)o1. The first-order valence-electron chi connectivity index (χ1n) is 6.29. The van der Waals surface area contributed by atoms with Gasteiger partial charge in [0.05, 0.1) is 11.3 Å². The zero-order valence-electron chi connectivity index (χ0n) is 11.1. The highest BCUT2D eigenvalue weighted by molar-refractivity contribution is 9.10. The molecule has 0 fully saturated rings. The average molecular weight is 362 g/mol. The predicted molar refractivity (Wildman–Crippen MR) is 81.8 cm³/mol. The van der Waals surface area contributed by atoms with Gasteiger partial charge >= 0.3 is 11.8 Å². The first kappa shape index (κ1) is 14.4. The largest absolute Gasteiger partial charge is 0.412 e. The van der Waals surface area contributed by atoms with Crippen molar-refractivity contribution in [1.82, 2.24) is 10.2 Å². The molecule has 7 heteroatoms. The summed E-state index contributed by atoms with van der Waals surface area (Å²) >= 11 is 3.32. The molecule has 5 nitrogen and oxygen atoms in total. The molecule has 1 amide bonds. The third-order valence-corrected chi connectivity index (χ3v) is 3.54. The van der Waals surface area contributed by atoms with E-state index in [0.29, 0.717) is 5.69 Å². The number of aromatic nitrogens is 2. The van der Waals surface area contributed by atoms with Gasteiger partial charge in [-0.2, -0.15) is 0 Å². The number of carbonyl (C=O) groups excluding carboxylic acids is 1. The number of carbonyl (C=O) groups is 1. The summed E-state index contributed by atoms with van der Waals surface area (Å²) in [5.41, 5.74) is 0.716. The first-order chi connectivity index (χ1) is 10.6. The molecule has 3 rings (SSSR count). The van der Waals surface area contributed by atoms with Gasteiger partial charge in [0.1, 0.15) is 5.82 Å². The molecule has 1 N–H and O–H groups in total. The molecule has 0 aliphatic rings. The van der Waals surface area contributed by atoms with Gasteiger partial charge in [-0.15, -0.1) is 10.2 Å². The van der Waals surface area contributed by atoms with Crippen molar-refractivity contribution in [2.24, 2.45) is 0 Å². The van der Waals surface area contributed by atoms with Crippen LogP contribution in [0.15, 0.2) is 57.4 Å². The van der Waals surface area contributed by atoms with E-state index in [2.05, 4.69) is 31.4 Å². The second kappa shape index (κ2) is 6.07. The summed E-state index contributed by atoms with van der Waals surface area (Å²) in [4.78, 5) is 12.1. The molecule has 1 heterocycles. The van der Waals surface area contributed by atoms with Crippen LogP contribution in [0, 0.1) is 5.82 Å². The van der Waals surface area contributed by atoms with Gasteiger partial charge in [0.2, 0.25) is 0 Å². The van der Waals surface area contributed by atoms with Crippen LogP contribution in [0.4, 0.5) is 10.1 Å². The maximum absolute atomic E-state index is 13.7. The summed E-state index contributed by atoms with van der Waals surface area (Å²) in [6.45, 7) is 0. The van der Waals surface area contributed by atoms with Crippen LogP contribution < -0.4 is 5.32 Å². The maximum Gasteiger partial charge on any atom is 0.313 e. The Bertz CT molecular complexity index is 835. The Kier molecular flexibility index (Phi) is 3.97. The Labute approximate surface area is 133 Å². The Morgan fingerprint density at radius 3 is 2.59 bits per heavy atom. The number of hydrogen-bond acceptors (Lipinski definition) is 4. The van der Waals surface area contributed by atoms with Gasteiger partial charge in [-0.05, 0) is 40.2 Å². The zero-order chi connectivity index (χ0) is 15.5. The van der Waals surface area contributed by atoms with E-state index in [9.17, 15) is 9.18 Å². The zero-order valence-corrected chi connectivity index (χ0v) is 12.7. The fourth-order valence-corrected chi connectivity index (χ4v) is 2.18. The van der Waals surface area contributed by atoms with Crippen molar-refractivity contribution in [2.45, 2.75) is 0 Å². The molecule has 0 saturated heterocycles. The molecule has 0 aliphatic carbocycles. The fraction of sp³-hybridized carbons (Fsp3) is 0. The van der Waals surface area contributed by atoms with Crippen LogP contribution in [-0.4, -0.2) is 16.1 Å². The number of nitrogens with zero attached hydrogens (tertiary/aromatic N) is 2. The van der Waals surface area contributed by atoms with E-state index >= 15 is 0 Å². The highest BCUT2D eigenvalue weighted by atomic mass is 79.9. The molecule has 110 valence electrons. The van der Waals surface area contributed by atoms with Crippen molar-refractivity contribution in [3.05, 3.63) is 64.7 Å². The number of hydrogen-bond donors (Lipinski definition) is 1. The summed E-state index contributed by atoms with van der Waals surface area (Å²) < 4.78 is 19.6. The second-order valence-electron chi connectivity index (χ2n) is 4.33. The highest BCUT2D eigenvalue weighted by Gasteiger charge is 2.18. The standard InChI is InChI=1S/C15H9BrFN3O2/c16-10-6-2-4-8-12(10)18-13(21)15-20-19-14(22-15)9-5-1-3-7-11(9)17/h1-8H,(H,18,21). The van der Waals surface area contributed by atoms with Crippen LogP contribution in [0.3, 0.4) is 0 Å². The first-order valence-corrected chi connectivity index (χ1v) is 7.09. The van der Waals surface area contributed by atoms with Crippen LogP contribution >= 0.6 is 15.9 Å². The van der Waals surface area contributed by atoms with Gasteiger partial charge in [-0.25, -0.2) is 4.39 Å². The molecule has 0 aliphatic heterocycles. The molecule has 0 atom stereocenters. The van der Waals surface area contributed by atoms with Crippen LogP contribution in [0.25, 0.3) is 11.5 Å². The van der Waals surface area contributed by atoms with Crippen molar-refractivity contribution in [2.75, 3.05) is 5.32 Å². The van der Waals surface area contributed by atoms with E-state index in [-0.39, 0.29) is 17.3 Å². The molecule has 0 saturated carbocycles. The lowest BCUT2D eigenvalue weighted by Crippen LogP contribution is -2.12. The molecular formula is C15H9BrFN3O2. The minimum atomic E-state index is -0.568. The highest BCUT2D eigenvalue weighted by Crippen LogP contribution is 2.23. The summed E-state index contributed by atoms with van der Waals surface area (Å²) in [7, 11) is 0. The van der Waals surface area contributed by atoms with E-state index in [0.717, 1.165) is 4.47 Å². The van der Waals surface area contributed by atoms with Gasteiger partial charge in [0.15, 0.2) is 0 Å². The molecule has 3 aromatic rings. The normalized spacial score (nSPS) is 10.5. The number of anilines is 1. The van der Waals surface area contributed by atoms with E-state index in [1.165, 1.54) is 12.1 Å². The maximum atomic E-state index is 13.7. The quantitative estimate of drug-likeness (QED) is 0.768. The number of nitrogens with one attached hydrogen (secondary N) is 1. The molecule has 1 aromatic heterocycles. The van der Waals surface area contributed by atoms with Gasteiger partial charge in [0, 0.05) is 4.47 Å². The Morgan fingerprint density at radius 1 is 1.09 bits per heavy atom. The summed E-state index contributed by atoms with van der Waals surface area (Å²) in [5.74, 6) is -1.35. The molecule has 22 heavy (non-hydrogen) atoms. The number of rotatable bonds is 3. The van der Waals surface area contributed by atoms with Crippen LogP contribution in [0.2, 0.25) is 0 Å². The second-order valence-corrected chi connectivity index (χ2v) is 5.18. The van der Waals surface area contributed by atoms with Crippen molar-refractivity contribution >= 4 is 27.5 Å². The number of halogens is 2. The summed E-state index contributed by atoms with van der Waals surface area (Å²) in [6, 6.07) is 13.1. The summed E-state index contributed by atoms with van der Waals surface area (Å²) in [5, 5.41) is 9.98. The van der Waals surface area contributed by atoms with Crippen LogP contribution in [0.1, 0.15) is 10.7 Å². The van der Waals surface area contributed by atoms with E-state index < -0.39 is 11.7 Å². The number of benzene rings is 2. The Hall–Kier alpha value is -2.54. The van der Waals surface area contributed by atoms with Gasteiger partial charge in [0.25, 0.3) is 5.89 Å². The Balaban J connectivity index is 1.84. The van der Waals surface area contributed by atoms with Crippen molar-refractivity contribution < 1.29 is 13.6 Å². The smallest absolute Gasteiger partial charge is 0.313 e. The average Bonchev–Trinajstić information content (AvgIpc) is 3.00. The molecule has 0 radical (unpaired) electrons. The third kappa shape index (κ3) is 2.89. The lowest BCUT2D eigenvalue weighted by Gasteiger charge is -2.03. The third-order valence-electron chi connectivity index (χ3n) is 2.85. The molecule has 0 unspecified atom stereocenters. The minimum Gasteiger partial charge on any atom is -0.412 e. The topological polar surface area (TPSA) is 68.0 Å². The van der Waals surface area contributed by atoms with Gasteiger partial charge < -0.3 is 9.73 Å². The van der Waals surface area contributed by atoms with Gasteiger partial charge in [-0.3, -0.25) is 4.79 Å². The molecular weight excluding hydrogens is 353 g/mol.